The fraction of sp³-hybridized carbons (Fsp3) is 0.136. The zero-order valence-electron chi connectivity index (χ0n) is 16.4. The fourth-order valence-corrected chi connectivity index (χ4v) is 3.79. The van der Waals surface area contributed by atoms with Crippen molar-refractivity contribution in [2.24, 2.45) is 0 Å². The number of anilines is 1. The van der Waals surface area contributed by atoms with Gasteiger partial charge in [0.1, 0.15) is 11.5 Å². The van der Waals surface area contributed by atoms with E-state index in [-0.39, 0.29) is 13.1 Å². The summed E-state index contributed by atoms with van der Waals surface area (Å²) < 4.78 is 37.3. The number of hydrogen-bond acceptors (Lipinski definition) is 5. The lowest BCUT2D eigenvalue weighted by atomic mass is 10.2. The second kappa shape index (κ2) is 9.91. The van der Waals surface area contributed by atoms with E-state index in [4.69, 9.17) is 9.15 Å². The molecular weight excluding hydrogens is 404 g/mol. The Balaban J connectivity index is 1.77. The number of rotatable bonds is 9. The van der Waals surface area contributed by atoms with Gasteiger partial charge in [0.05, 0.1) is 26.5 Å². The molecule has 1 heterocycles. The van der Waals surface area contributed by atoms with Crippen LogP contribution in [0.15, 0.2) is 82.8 Å². The topological polar surface area (TPSA) is 88.8 Å². The summed E-state index contributed by atoms with van der Waals surface area (Å²) in [5.41, 5.74) is 1.24. The van der Waals surface area contributed by atoms with Crippen molar-refractivity contribution in [2.75, 3.05) is 19.0 Å². The Hall–Kier alpha value is -3.36. The number of carbonyl (C=O) groups excluding carboxylic acids is 1. The van der Waals surface area contributed by atoms with Gasteiger partial charge in [-0.3, -0.25) is 4.79 Å². The number of hydrogen-bond donors (Lipinski definition) is 1. The summed E-state index contributed by atoms with van der Waals surface area (Å²) in [5.74, 6) is 0.533. The highest BCUT2D eigenvalue weighted by Crippen LogP contribution is 2.18. The van der Waals surface area contributed by atoms with Crippen LogP contribution in [0, 0.1) is 0 Å². The lowest BCUT2D eigenvalue weighted by Crippen LogP contribution is -2.36. The van der Waals surface area contributed by atoms with Gasteiger partial charge < -0.3 is 14.5 Å². The summed E-state index contributed by atoms with van der Waals surface area (Å²) in [7, 11) is -2.36. The molecule has 0 saturated heterocycles. The predicted molar refractivity (Wildman–Crippen MR) is 115 cm³/mol. The minimum Gasteiger partial charge on any atom is -0.497 e. The summed E-state index contributed by atoms with van der Waals surface area (Å²) in [4.78, 5) is 12.6. The third kappa shape index (κ3) is 6.07. The Morgan fingerprint density at radius 2 is 1.90 bits per heavy atom. The maximum atomic E-state index is 12.9. The summed E-state index contributed by atoms with van der Waals surface area (Å²) in [5, 5.41) is 3.78. The molecule has 0 aliphatic carbocycles. The Bertz CT molecular complexity index is 1090. The molecule has 7 nitrogen and oxygen atoms in total. The Labute approximate surface area is 175 Å². The van der Waals surface area contributed by atoms with Crippen molar-refractivity contribution >= 4 is 27.7 Å². The van der Waals surface area contributed by atoms with Gasteiger partial charge >= 0.3 is 0 Å². The number of nitrogens with one attached hydrogen (secondary N) is 1. The summed E-state index contributed by atoms with van der Waals surface area (Å²) in [6.45, 7) is -0.445. The monoisotopic (exact) mass is 426 g/mol. The number of nitrogens with zero attached hydrogens (tertiary/aromatic N) is 1. The van der Waals surface area contributed by atoms with Crippen molar-refractivity contribution < 1.29 is 22.4 Å². The highest BCUT2D eigenvalue weighted by atomic mass is 32.2. The van der Waals surface area contributed by atoms with E-state index in [2.05, 4.69) is 5.32 Å². The van der Waals surface area contributed by atoms with Crippen LogP contribution in [-0.2, 0) is 21.4 Å². The van der Waals surface area contributed by atoms with Crippen LogP contribution in [0.25, 0.3) is 6.08 Å². The summed E-state index contributed by atoms with van der Waals surface area (Å²) in [6, 6.07) is 19.2. The lowest BCUT2D eigenvalue weighted by molar-refractivity contribution is -0.116. The fourth-order valence-electron chi connectivity index (χ4n) is 2.69. The van der Waals surface area contributed by atoms with E-state index in [9.17, 15) is 13.2 Å². The number of amides is 1. The first-order valence-electron chi connectivity index (χ1n) is 9.16. The van der Waals surface area contributed by atoms with Crippen LogP contribution in [-0.4, -0.2) is 32.3 Å². The number of sulfonamides is 1. The average molecular weight is 426 g/mol. The Morgan fingerprint density at radius 3 is 2.60 bits per heavy atom. The SMILES string of the molecule is COc1cccc(NC(=O)CN(Cc2ccco2)S(=O)(=O)/C=C/c2ccccc2)c1. The third-order valence-corrected chi connectivity index (χ3v) is 5.64. The molecule has 3 aromatic rings. The van der Waals surface area contributed by atoms with Gasteiger partial charge in [0.25, 0.3) is 0 Å². The molecule has 30 heavy (non-hydrogen) atoms. The van der Waals surface area contributed by atoms with Crippen molar-refractivity contribution in [3.8, 4) is 5.75 Å². The minimum atomic E-state index is -3.89. The lowest BCUT2D eigenvalue weighted by Gasteiger charge is -2.19. The number of methoxy groups -OCH3 is 1. The highest BCUT2D eigenvalue weighted by Gasteiger charge is 2.24. The Morgan fingerprint density at radius 1 is 1.10 bits per heavy atom. The van der Waals surface area contributed by atoms with Crippen molar-refractivity contribution in [1.29, 1.82) is 0 Å². The van der Waals surface area contributed by atoms with Crippen LogP contribution in [0.2, 0.25) is 0 Å². The third-order valence-electron chi connectivity index (χ3n) is 4.18. The van der Waals surface area contributed by atoms with Gasteiger partial charge in [-0.15, -0.1) is 0 Å². The molecule has 0 unspecified atom stereocenters. The van der Waals surface area contributed by atoms with E-state index < -0.39 is 15.9 Å². The van der Waals surface area contributed by atoms with E-state index in [0.717, 1.165) is 15.3 Å². The van der Waals surface area contributed by atoms with E-state index in [0.29, 0.717) is 17.2 Å². The minimum absolute atomic E-state index is 0.0695. The maximum Gasteiger partial charge on any atom is 0.239 e. The molecule has 0 bridgehead atoms. The molecule has 1 aromatic heterocycles. The maximum absolute atomic E-state index is 12.9. The molecule has 156 valence electrons. The van der Waals surface area contributed by atoms with E-state index >= 15 is 0 Å². The van der Waals surface area contributed by atoms with Crippen molar-refractivity contribution in [1.82, 2.24) is 4.31 Å². The Kier molecular flexibility index (Phi) is 7.05. The summed E-state index contributed by atoms with van der Waals surface area (Å²) in [6.07, 6.45) is 2.95. The molecule has 2 aromatic carbocycles. The van der Waals surface area contributed by atoms with Gasteiger partial charge in [0, 0.05) is 17.2 Å². The molecule has 3 rings (SSSR count). The van der Waals surface area contributed by atoms with Crippen molar-refractivity contribution in [3.05, 3.63) is 89.7 Å². The van der Waals surface area contributed by atoms with Crippen LogP contribution in [0.5, 0.6) is 5.75 Å². The molecule has 0 spiro atoms. The van der Waals surface area contributed by atoms with E-state index in [1.807, 2.05) is 18.2 Å². The zero-order valence-corrected chi connectivity index (χ0v) is 17.2. The zero-order chi connectivity index (χ0) is 21.4. The van der Waals surface area contributed by atoms with Gasteiger partial charge in [-0.2, -0.15) is 4.31 Å². The summed E-state index contributed by atoms with van der Waals surface area (Å²) >= 11 is 0. The standard InChI is InChI=1S/C22H22N2O5S/c1-28-20-10-5-9-19(15-20)23-22(25)17-24(16-21-11-6-13-29-21)30(26,27)14-12-18-7-3-2-4-8-18/h2-15H,16-17H2,1H3,(H,23,25)/b14-12+. The molecule has 0 fully saturated rings. The number of carbonyl (C=O) groups is 1. The number of ether oxygens (including phenoxy) is 1. The second-order valence-electron chi connectivity index (χ2n) is 6.39. The molecule has 0 aliphatic rings. The van der Waals surface area contributed by atoms with Crippen LogP contribution >= 0.6 is 0 Å². The van der Waals surface area contributed by atoms with Crippen molar-refractivity contribution in [2.45, 2.75) is 6.54 Å². The second-order valence-corrected chi connectivity index (χ2v) is 8.20. The molecule has 8 heteroatoms. The van der Waals surface area contributed by atoms with Gasteiger partial charge in [-0.25, -0.2) is 8.42 Å². The van der Waals surface area contributed by atoms with E-state index in [1.165, 1.54) is 19.4 Å². The molecule has 0 atom stereocenters. The van der Waals surface area contributed by atoms with Gasteiger partial charge in [-0.1, -0.05) is 36.4 Å². The van der Waals surface area contributed by atoms with E-state index in [1.54, 1.807) is 48.5 Å². The molecule has 0 aliphatic heterocycles. The number of furan rings is 1. The molecular formula is C22H22N2O5S. The van der Waals surface area contributed by atoms with Crippen LogP contribution in [0.4, 0.5) is 5.69 Å². The predicted octanol–water partition coefficient (Wildman–Crippen LogP) is 3.73. The van der Waals surface area contributed by atoms with Crippen LogP contribution < -0.4 is 10.1 Å². The molecule has 0 saturated carbocycles. The molecule has 0 radical (unpaired) electrons. The van der Waals surface area contributed by atoms with Gasteiger partial charge in [0.2, 0.25) is 15.9 Å². The molecule has 1 amide bonds. The van der Waals surface area contributed by atoms with Gasteiger partial charge in [0.15, 0.2) is 0 Å². The average Bonchev–Trinajstić information content (AvgIpc) is 3.26. The quantitative estimate of drug-likeness (QED) is 0.563. The number of benzene rings is 2. The largest absolute Gasteiger partial charge is 0.497 e. The normalized spacial score (nSPS) is 11.7. The van der Waals surface area contributed by atoms with Gasteiger partial charge in [-0.05, 0) is 35.9 Å². The highest BCUT2D eigenvalue weighted by molar-refractivity contribution is 7.92. The van der Waals surface area contributed by atoms with Crippen molar-refractivity contribution in [3.63, 3.8) is 0 Å². The van der Waals surface area contributed by atoms with Crippen LogP contribution in [0.3, 0.4) is 0 Å². The first-order chi connectivity index (χ1) is 14.5. The first-order valence-corrected chi connectivity index (χ1v) is 10.7. The smallest absolute Gasteiger partial charge is 0.239 e. The van der Waals surface area contributed by atoms with Crippen LogP contribution in [0.1, 0.15) is 11.3 Å². The molecule has 1 N–H and O–H groups in total. The first kappa shape index (κ1) is 21.4.